The molecule has 0 bridgehead atoms. The van der Waals surface area contributed by atoms with Crippen molar-refractivity contribution in [1.29, 1.82) is 5.26 Å². The molecule has 3 rings (SSSR count). The highest BCUT2D eigenvalue weighted by Gasteiger charge is 2.10. The van der Waals surface area contributed by atoms with Crippen LogP contribution in [-0.4, -0.2) is 6.61 Å². The van der Waals surface area contributed by atoms with Gasteiger partial charge < -0.3 is 13.9 Å². The molecule has 3 aromatic rings. The summed E-state index contributed by atoms with van der Waals surface area (Å²) in [6.45, 7) is 1.88. The first kappa shape index (κ1) is 14.7. The topological polar surface area (TPSA) is 72.5 Å². The molecule has 5 heteroatoms. The molecule has 5 nitrogen and oxygen atoms in total. The monoisotopic (exact) mass is 307 g/mol. The second kappa shape index (κ2) is 6.24. The number of fused-ring (bicyclic) bond motifs is 1. The molecule has 1 heterocycles. The van der Waals surface area contributed by atoms with Gasteiger partial charge in [0.1, 0.15) is 29.4 Å². The molecule has 0 aliphatic heterocycles. The molecule has 23 heavy (non-hydrogen) atoms. The van der Waals surface area contributed by atoms with E-state index < -0.39 is 0 Å². The minimum atomic E-state index is -0.264. The van der Waals surface area contributed by atoms with Gasteiger partial charge in [-0.05, 0) is 36.8 Å². The average Bonchev–Trinajstić information content (AvgIpc) is 2.55. The lowest BCUT2D eigenvalue weighted by molar-refractivity contribution is 0.367. The van der Waals surface area contributed by atoms with Crippen molar-refractivity contribution in [3.05, 3.63) is 64.5 Å². The fourth-order valence-electron chi connectivity index (χ4n) is 2.17. The third kappa shape index (κ3) is 3.16. The average molecular weight is 307 g/mol. The van der Waals surface area contributed by atoms with Crippen LogP contribution in [0.5, 0.6) is 17.2 Å². The maximum Gasteiger partial charge on any atom is 0.235 e. The van der Waals surface area contributed by atoms with Crippen molar-refractivity contribution in [1.82, 2.24) is 0 Å². The highest BCUT2D eigenvalue weighted by molar-refractivity contribution is 5.79. The maximum atomic E-state index is 12.5. The molecule has 1 aromatic heterocycles. The lowest BCUT2D eigenvalue weighted by Gasteiger charge is -2.07. The van der Waals surface area contributed by atoms with Crippen molar-refractivity contribution in [2.75, 3.05) is 6.61 Å². The van der Waals surface area contributed by atoms with Crippen LogP contribution in [0.2, 0.25) is 0 Å². The summed E-state index contributed by atoms with van der Waals surface area (Å²) in [5, 5.41) is 8.90. The van der Waals surface area contributed by atoms with Gasteiger partial charge in [0.05, 0.1) is 5.39 Å². The Hall–Kier alpha value is -3.26. The summed E-state index contributed by atoms with van der Waals surface area (Å²) in [7, 11) is 0. The van der Waals surface area contributed by atoms with E-state index in [1.165, 1.54) is 6.26 Å². The third-order valence-corrected chi connectivity index (χ3v) is 3.24. The molecule has 0 unspecified atom stereocenters. The van der Waals surface area contributed by atoms with E-state index in [-0.39, 0.29) is 17.8 Å². The number of benzene rings is 2. The van der Waals surface area contributed by atoms with Crippen LogP contribution in [0.1, 0.15) is 5.56 Å². The van der Waals surface area contributed by atoms with E-state index >= 15 is 0 Å². The van der Waals surface area contributed by atoms with Gasteiger partial charge in [-0.1, -0.05) is 12.1 Å². The Morgan fingerprint density at radius 2 is 2.04 bits per heavy atom. The van der Waals surface area contributed by atoms with Gasteiger partial charge in [-0.2, -0.15) is 5.26 Å². The molecule has 114 valence electrons. The summed E-state index contributed by atoms with van der Waals surface area (Å²) < 4.78 is 16.3. The van der Waals surface area contributed by atoms with Gasteiger partial charge in [-0.25, -0.2) is 0 Å². The van der Waals surface area contributed by atoms with Crippen molar-refractivity contribution < 1.29 is 13.9 Å². The number of ether oxygens (including phenoxy) is 2. The van der Waals surface area contributed by atoms with Crippen LogP contribution in [0, 0.1) is 18.3 Å². The summed E-state index contributed by atoms with van der Waals surface area (Å²) in [5.41, 5.74) is 1.15. The Balaban J connectivity index is 1.96. The molecular weight excluding hydrogens is 294 g/mol. The van der Waals surface area contributed by atoms with E-state index in [1.807, 2.05) is 31.2 Å². The van der Waals surface area contributed by atoms with Gasteiger partial charge in [-0.3, -0.25) is 4.79 Å². The summed E-state index contributed by atoms with van der Waals surface area (Å²) in [5.74, 6) is 1.16. The Morgan fingerprint density at radius 1 is 1.17 bits per heavy atom. The van der Waals surface area contributed by atoms with E-state index in [0.717, 1.165) is 5.56 Å². The Labute approximate surface area is 132 Å². The zero-order valence-electron chi connectivity index (χ0n) is 12.4. The first-order valence-corrected chi connectivity index (χ1v) is 6.97. The molecule has 0 aliphatic carbocycles. The fourth-order valence-corrected chi connectivity index (χ4v) is 2.17. The van der Waals surface area contributed by atoms with Gasteiger partial charge in [0.15, 0.2) is 6.61 Å². The maximum absolute atomic E-state index is 12.5. The quantitative estimate of drug-likeness (QED) is 0.733. The third-order valence-electron chi connectivity index (χ3n) is 3.24. The Morgan fingerprint density at radius 3 is 2.83 bits per heavy atom. The van der Waals surface area contributed by atoms with Crippen LogP contribution in [0.3, 0.4) is 0 Å². The molecule has 0 spiro atoms. The molecule has 0 aliphatic rings. The predicted molar refractivity (Wildman–Crippen MR) is 84.8 cm³/mol. The Bertz CT molecular complexity index is 953. The number of nitriles is 1. The zero-order chi connectivity index (χ0) is 16.2. The predicted octanol–water partition coefficient (Wildman–Crippen LogP) is 3.80. The number of rotatable bonds is 4. The minimum Gasteiger partial charge on any atom is -0.479 e. The number of hydrogen-bond donors (Lipinski definition) is 0. The van der Waals surface area contributed by atoms with Gasteiger partial charge >= 0.3 is 0 Å². The van der Waals surface area contributed by atoms with E-state index in [9.17, 15) is 4.79 Å². The smallest absolute Gasteiger partial charge is 0.235 e. The van der Waals surface area contributed by atoms with Crippen molar-refractivity contribution >= 4 is 11.0 Å². The highest BCUT2D eigenvalue weighted by atomic mass is 16.5. The summed E-state index contributed by atoms with van der Waals surface area (Å²) in [6.07, 6.45) is 1.28. The number of nitrogens with zero attached hydrogens (tertiary/aromatic N) is 1. The van der Waals surface area contributed by atoms with Crippen molar-refractivity contribution in [3.63, 3.8) is 0 Å². The highest BCUT2D eigenvalue weighted by Crippen LogP contribution is 2.24. The number of aryl methyl sites for hydroxylation is 1. The zero-order valence-corrected chi connectivity index (χ0v) is 12.4. The molecular formula is C18H13NO4. The molecule has 0 fully saturated rings. The lowest BCUT2D eigenvalue weighted by Crippen LogP contribution is -2.05. The summed E-state index contributed by atoms with van der Waals surface area (Å²) >= 11 is 0. The van der Waals surface area contributed by atoms with Crippen LogP contribution < -0.4 is 14.9 Å². The lowest BCUT2D eigenvalue weighted by atomic mass is 10.2. The SMILES string of the molecule is Cc1cccc(Oc2coc3cc(OCC#N)ccc3c2=O)c1. The second-order valence-electron chi connectivity index (χ2n) is 4.95. The Kier molecular flexibility index (Phi) is 3.98. The molecule has 0 amide bonds. The standard InChI is InChI=1S/C18H13NO4/c1-12-3-2-4-14(9-12)23-17-11-22-16-10-13(21-8-7-19)5-6-15(16)18(17)20/h2-6,9-11H,8H2,1H3. The molecule has 0 N–H and O–H groups in total. The van der Waals surface area contributed by atoms with Gasteiger partial charge in [0.25, 0.3) is 0 Å². The molecule has 2 aromatic carbocycles. The molecule has 0 atom stereocenters. The van der Waals surface area contributed by atoms with Gasteiger partial charge in [-0.15, -0.1) is 0 Å². The largest absolute Gasteiger partial charge is 0.479 e. The van der Waals surface area contributed by atoms with E-state index in [1.54, 1.807) is 24.3 Å². The summed E-state index contributed by atoms with van der Waals surface area (Å²) in [4.78, 5) is 12.5. The van der Waals surface area contributed by atoms with Crippen molar-refractivity contribution in [2.24, 2.45) is 0 Å². The van der Waals surface area contributed by atoms with Gasteiger partial charge in [0.2, 0.25) is 11.2 Å². The van der Waals surface area contributed by atoms with Gasteiger partial charge in [0, 0.05) is 6.07 Å². The number of hydrogen-bond acceptors (Lipinski definition) is 5. The van der Waals surface area contributed by atoms with Crippen molar-refractivity contribution in [2.45, 2.75) is 6.92 Å². The van der Waals surface area contributed by atoms with E-state index in [2.05, 4.69) is 0 Å². The first-order chi connectivity index (χ1) is 11.2. The fraction of sp³-hybridized carbons (Fsp3) is 0.111. The van der Waals surface area contributed by atoms with E-state index in [4.69, 9.17) is 19.2 Å². The molecule has 0 saturated heterocycles. The van der Waals surface area contributed by atoms with Crippen LogP contribution in [0.25, 0.3) is 11.0 Å². The minimum absolute atomic E-state index is 0.0652. The second-order valence-corrected chi connectivity index (χ2v) is 4.95. The molecule has 0 radical (unpaired) electrons. The van der Waals surface area contributed by atoms with E-state index in [0.29, 0.717) is 22.5 Å². The van der Waals surface area contributed by atoms with Crippen LogP contribution in [0.15, 0.2) is 57.9 Å². The molecule has 0 saturated carbocycles. The van der Waals surface area contributed by atoms with Crippen LogP contribution in [0.4, 0.5) is 0 Å². The van der Waals surface area contributed by atoms with Crippen LogP contribution >= 0.6 is 0 Å². The van der Waals surface area contributed by atoms with Crippen LogP contribution in [-0.2, 0) is 0 Å². The summed E-state index contributed by atoms with van der Waals surface area (Å²) in [6, 6.07) is 14.1. The van der Waals surface area contributed by atoms with Crippen molar-refractivity contribution in [3.8, 4) is 23.3 Å². The normalized spacial score (nSPS) is 10.3. The first-order valence-electron chi connectivity index (χ1n) is 6.97.